The second-order valence-electron chi connectivity index (χ2n) is 6.83. The summed E-state index contributed by atoms with van der Waals surface area (Å²) in [6, 6.07) is 10.1. The van der Waals surface area contributed by atoms with Gasteiger partial charge in [-0.1, -0.05) is 32.9 Å². The lowest BCUT2D eigenvalue weighted by Crippen LogP contribution is -2.36. The molecule has 0 amide bonds. The van der Waals surface area contributed by atoms with Gasteiger partial charge < -0.3 is 15.5 Å². The molecular formula is C18H27N3O2. The lowest BCUT2D eigenvalue weighted by molar-refractivity contribution is 0.171. The van der Waals surface area contributed by atoms with Crippen LogP contribution in [0.5, 0.6) is 0 Å². The van der Waals surface area contributed by atoms with Crippen LogP contribution < -0.4 is 5.32 Å². The molecule has 0 aliphatic heterocycles. The zero-order chi connectivity index (χ0) is 16.9. The molecule has 0 spiro atoms. The minimum absolute atomic E-state index is 0.0484. The van der Waals surface area contributed by atoms with Gasteiger partial charge in [0, 0.05) is 11.6 Å². The Kier molecular flexibility index (Phi) is 5.93. The number of aromatic nitrogens is 2. The monoisotopic (exact) mass is 317 g/mol. The maximum atomic E-state index is 9.01. The fourth-order valence-corrected chi connectivity index (χ4v) is 2.29. The third-order valence-electron chi connectivity index (χ3n) is 3.85. The Labute approximate surface area is 138 Å². The first-order valence-electron chi connectivity index (χ1n) is 8.04. The molecule has 0 radical (unpaired) electrons. The Hall–Kier alpha value is -1.69. The number of hydrogen-bond donors (Lipinski definition) is 3. The van der Waals surface area contributed by atoms with E-state index in [1.807, 2.05) is 10.9 Å². The zero-order valence-corrected chi connectivity index (χ0v) is 14.2. The molecule has 0 atom stereocenters. The molecular weight excluding hydrogens is 290 g/mol. The van der Waals surface area contributed by atoms with Gasteiger partial charge in [-0.15, -0.1) is 0 Å². The Bertz CT molecular complexity index is 595. The van der Waals surface area contributed by atoms with Gasteiger partial charge in [0.2, 0.25) is 0 Å². The second-order valence-corrected chi connectivity index (χ2v) is 6.83. The molecule has 2 rings (SSSR count). The largest absolute Gasteiger partial charge is 0.395 e. The van der Waals surface area contributed by atoms with Gasteiger partial charge >= 0.3 is 0 Å². The highest BCUT2D eigenvalue weighted by Crippen LogP contribution is 2.21. The number of hydrogen-bond acceptors (Lipinski definition) is 4. The van der Waals surface area contributed by atoms with Gasteiger partial charge in [-0.2, -0.15) is 5.10 Å². The van der Waals surface area contributed by atoms with E-state index >= 15 is 0 Å². The predicted octanol–water partition coefficient (Wildman–Crippen LogP) is 1.66. The van der Waals surface area contributed by atoms with Gasteiger partial charge in [0.25, 0.3) is 0 Å². The van der Waals surface area contributed by atoms with Crippen molar-refractivity contribution in [2.75, 3.05) is 19.8 Å². The van der Waals surface area contributed by atoms with Crippen LogP contribution in [0.3, 0.4) is 0 Å². The van der Waals surface area contributed by atoms with Crippen molar-refractivity contribution in [1.29, 1.82) is 0 Å². The Morgan fingerprint density at radius 3 is 2.26 bits per heavy atom. The van der Waals surface area contributed by atoms with Gasteiger partial charge in [-0.05, 0) is 36.7 Å². The average molecular weight is 317 g/mol. The molecule has 23 heavy (non-hydrogen) atoms. The van der Waals surface area contributed by atoms with Crippen LogP contribution in [0.1, 0.15) is 32.0 Å². The van der Waals surface area contributed by atoms with Crippen LogP contribution in [0.15, 0.2) is 36.5 Å². The van der Waals surface area contributed by atoms with Crippen molar-refractivity contribution >= 4 is 0 Å². The molecule has 1 aromatic carbocycles. The summed E-state index contributed by atoms with van der Waals surface area (Å²) in [6.45, 7) is 7.09. The third kappa shape index (κ3) is 4.89. The van der Waals surface area contributed by atoms with E-state index in [1.165, 1.54) is 5.56 Å². The fraction of sp³-hybridized carbons (Fsp3) is 0.500. The highest BCUT2D eigenvalue weighted by atomic mass is 16.3. The molecule has 1 aromatic heterocycles. The second kappa shape index (κ2) is 7.73. The van der Waals surface area contributed by atoms with E-state index < -0.39 is 0 Å². The smallest absolute Gasteiger partial charge is 0.0682 e. The molecule has 0 aliphatic rings. The summed E-state index contributed by atoms with van der Waals surface area (Å²) >= 11 is 0. The van der Waals surface area contributed by atoms with E-state index in [1.54, 1.807) is 0 Å². The van der Waals surface area contributed by atoms with Crippen LogP contribution >= 0.6 is 0 Å². The van der Waals surface area contributed by atoms with Crippen LogP contribution in [0.25, 0.3) is 5.69 Å². The van der Waals surface area contributed by atoms with Gasteiger partial charge in [0.15, 0.2) is 0 Å². The molecule has 5 heteroatoms. The molecule has 0 saturated heterocycles. The van der Waals surface area contributed by atoms with E-state index in [2.05, 4.69) is 61.5 Å². The maximum Gasteiger partial charge on any atom is 0.0682 e. The Balaban J connectivity index is 1.95. The SMILES string of the molecule is CC(C)(C)c1ccn(-c2ccc(CCNC(CO)CO)cc2)n1. The average Bonchev–Trinajstić information content (AvgIpc) is 3.02. The quantitative estimate of drug-likeness (QED) is 0.726. The van der Waals surface area contributed by atoms with Gasteiger partial charge in [-0.3, -0.25) is 0 Å². The van der Waals surface area contributed by atoms with Crippen LogP contribution in [-0.4, -0.2) is 45.8 Å². The summed E-state index contributed by atoms with van der Waals surface area (Å²) in [6.07, 6.45) is 2.84. The first kappa shape index (κ1) is 17.7. The number of aliphatic hydroxyl groups is 2. The van der Waals surface area contributed by atoms with Gasteiger partial charge in [-0.25, -0.2) is 4.68 Å². The van der Waals surface area contributed by atoms with Crippen molar-refractivity contribution in [3.63, 3.8) is 0 Å². The first-order chi connectivity index (χ1) is 10.9. The summed E-state index contributed by atoms with van der Waals surface area (Å²) in [5.41, 5.74) is 3.37. The van der Waals surface area contributed by atoms with Crippen molar-refractivity contribution in [3.05, 3.63) is 47.8 Å². The molecule has 0 saturated carbocycles. The molecule has 0 fully saturated rings. The molecule has 3 N–H and O–H groups in total. The van der Waals surface area contributed by atoms with Crippen molar-refractivity contribution in [2.45, 2.75) is 38.6 Å². The summed E-state index contributed by atoms with van der Waals surface area (Å²) < 4.78 is 1.90. The minimum Gasteiger partial charge on any atom is -0.395 e. The number of nitrogens with zero attached hydrogens (tertiary/aromatic N) is 2. The van der Waals surface area contributed by atoms with Crippen LogP contribution in [0.4, 0.5) is 0 Å². The molecule has 126 valence electrons. The zero-order valence-electron chi connectivity index (χ0n) is 14.2. The van der Waals surface area contributed by atoms with Crippen molar-refractivity contribution < 1.29 is 10.2 Å². The topological polar surface area (TPSA) is 70.3 Å². The van der Waals surface area contributed by atoms with Gasteiger partial charge in [0.1, 0.15) is 0 Å². The summed E-state index contributed by atoms with van der Waals surface area (Å²) in [5.74, 6) is 0. The summed E-state index contributed by atoms with van der Waals surface area (Å²) in [7, 11) is 0. The molecule has 0 aliphatic carbocycles. The van der Waals surface area contributed by atoms with Crippen LogP contribution in [-0.2, 0) is 11.8 Å². The number of aliphatic hydroxyl groups excluding tert-OH is 2. The Morgan fingerprint density at radius 1 is 1.09 bits per heavy atom. The number of benzene rings is 1. The van der Waals surface area contributed by atoms with Crippen LogP contribution in [0.2, 0.25) is 0 Å². The predicted molar refractivity (Wildman–Crippen MR) is 91.9 cm³/mol. The van der Waals surface area contributed by atoms with E-state index in [4.69, 9.17) is 10.2 Å². The fourth-order valence-electron chi connectivity index (χ4n) is 2.29. The van der Waals surface area contributed by atoms with Crippen LogP contribution in [0, 0.1) is 0 Å². The number of rotatable bonds is 7. The normalized spacial score (nSPS) is 12.1. The molecule has 1 heterocycles. The lowest BCUT2D eigenvalue weighted by atomic mass is 9.93. The van der Waals surface area contributed by atoms with E-state index in [-0.39, 0.29) is 24.7 Å². The standard InChI is InChI=1S/C18H27N3O2/c1-18(2,3)17-9-11-21(20-17)16-6-4-14(5-7-16)8-10-19-15(12-22)13-23/h4-7,9,11,15,19,22-23H,8,10,12-13H2,1-3H3. The molecule has 5 nitrogen and oxygen atoms in total. The highest BCUT2D eigenvalue weighted by molar-refractivity contribution is 5.34. The van der Waals surface area contributed by atoms with E-state index in [9.17, 15) is 0 Å². The van der Waals surface area contributed by atoms with Crippen molar-refractivity contribution in [3.8, 4) is 5.69 Å². The molecule has 0 bridgehead atoms. The molecule has 0 unspecified atom stereocenters. The van der Waals surface area contributed by atoms with E-state index in [0.717, 1.165) is 24.3 Å². The Morgan fingerprint density at radius 2 is 1.74 bits per heavy atom. The summed E-state index contributed by atoms with van der Waals surface area (Å²) in [5, 5.41) is 25.8. The minimum atomic E-state index is -0.242. The van der Waals surface area contributed by atoms with E-state index in [0.29, 0.717) is 0 Å². The van der Waals surface area contributed by atoms with Gasteiger partial charge in [0.05, 0.1) is 30.6 Å². The number of nitrogens with one attached hydrogen (secondary N) is 1. The summed E-state index contributed by atoms with van der Waals surface area (Å²) in [4.78, 5) is 0. The first-order valence-corrected chi connectivity index (χ1v) is 8.04. The maximum absolute atomic E-state index is 9.01. The highest BCUT2D eigenvalue weighted by Gasteiger charge is 2.16. The molecule has 2 aromatic rings. The third-order valence-corrected chi connectivity index (χ3v) is 3.85. The van der Waals surface area contributed by atoms with Crippen molar-refractivity contribution in [2.24, 2.45) is 0 Å². The van der Waals surface area contributed by atoms with Crippen molar-refractivity contribution in [1.82, 2.24) is 15.1 Å². The lowest BCUT2D eigenvalue weighted by Gasteiger charge is -2.14.